The molecule has 0 bridgehead atoms. The summed E-state index contributed by atoms with van der Waals surface area (Å²) in [5.74, 6) is -0.104. The average molecular weight is 389 g/mol. The lowest BCUT2D eigenvalue weighted by atomic mass is 9.46. The first-order valence-electron chi connectivity index (χ1n) is 10.4. The van der Waals surface area contributed by atoms with Gasteiger partial charge in [-0.05, 0) is 61.0 Å². The van der Waals surface area contributed by atoms with E-state index < -0.39 is 18.1 Å². The Labute approximate surface area is 165 Å². The Kier molecular flexibility index (Phi) is 4.90. The lowest BCUT2D eigenvalue weighted by Crippen LogP contribution is -2.56. The van der Waals surface area contributed by atoms with E-state index in [0.717, 1.165) is 24.8 Å². The predicted molar refractivity (Wildman–Crippen MR) is 102 cm³/mol. The molecule has 0 radical (unpaired) electrons. The van der Waals surface area contributed by atoms with E-state index >= 15 is 0 Å². The number of aliphatic hydroxyl groups is 2. The SMILES string of the molecule is C[C@]12C=CC(=O)C=C1CC[C@@H]1C2[C@@H](O)C[C@@]2(C)C1C[C@@H](CNO)[C@@H]2C(=O)CO. The van der Waals surface area contributed by atoms with Gasteiger partial charge in [-0.1, -0.05) is 25.5 Å². The summed E-state index contributed by atoms with van der Waals surface area (Å²) in [7, 11) is 0. The highest BCUT2D eigenvalue weighted by Crippen LogP contribution is 2.67. The van der Waals surface area contributed by atoms with Gasteiger partial charge in [0, 0.05) is 23.8 Å². The molecule has 0 aliphatic heterocycles. The van der Waals surface area contributed by atoms with Crippen LogP contribution in [0, 0.1) is 40.4 Å². The monoisotopic (exact) mass is 389 g/mol. The van der Waals surface area contributed by atoms with Crippen LogP contribution < -0.4 is 5.48 Å². The van der Waals surface area contributed by atoms with Crippen LogP contribution in [0.1, 0.15) is 39.5 Å². The van der Waals surface area contributed by atoms with Gasteiger partial charge in [0.15, 0.2) is 11.6 Å². The summed E-state index contributed by atoms with van der Waals surface area (Å²) < 4.78 is 0. The van der Waals surface area contributed by atoms with Crippen molar-refractivity contribution >= 4 is 11.6 Å². The molecule has 4 aliphatic carbocycles. The number of hydroxylamine groups is 1. The van der Waals surface area contributed by atoms with Crippen LogP contribution in [0.3, 0.4) is 0 Å². The quantitative estimate of drug-likeness (QED) is 0.545. The van der Waals surface area contributed by atoms with Crippen LogP contribution >= 0.6 is 0 Å². The van der Waals surface area contributed by atoms with E-state index in [-0.39, 0.29) is 46.6 Å². The Balaban J connectivity index is 1.73. The third-order valence-corrected chi connectivity index (χ3v) is 8.53. The molecule has 4 rings (SSSR count). The van der Waals surface area contributed by atoms with E-state index in [0.29, 0.717) is 13.0 Å². The van der Waals surface area contributed by atoms with Crippen molar-refractivity contribution in [2.24, 2.45) is 40.4 Å². The number of fused-ring (bicyclic) bond motifs is 5. The van der Waals surface area contributed by atoms with Crippen LogP contribution in [0.25, 0.3) is 0 Å². The number of Topliss-reactive ketones (excluding diaryl/α,β-unsaturated/α-hetero) is 1. The summed E-state index contributed by atoms with van der Waals surface area (Å²) in [4.78, 5) is 24.5. The largest absolute Gasteiger partial charge is 0.393 e. The predicted octanol–water partition coefficient (Wildman–Crippen LogP) is 1.65. The summed E-state index contributed by atoms with van der Waals surface area (Å²) in [5, 5.41) is 30.2. The number of carbonyl (C=O) groups is 2. The Morgan fingerprint density at radius 2 is 2.11 bits per heavy atom. The van der Waals surface area contributed by atoms with Crippen LogP contribution in [0.5, 0.6) is 0 Å². The molecule has 0 aromatic heterocycles. The Bertz CT molecular complexity index is 745. The third-order valence-electron chi connectivity index (χ3n) is 8.53. The molecule has 0 aromatic rings. The minimum atomic E-state index is -0.576. The molecule has 2 unspecified atom stereocenters. The van der Waals surface area contributed by atoms with Crippen molar-refractivity contribution in [3.8, 4) is 0 Å². The summed E-state index contributed by atoms with van der Waals surface area (Å²) >= 11 is 0. The Morgan fingerprint density at radius 3 is 2.79 bits per heavy atom. The second-order valence-electron chi connectivity index (χ2n) is 9.76. The fourth-order valence-electron chi connectivity index (χ4n) is 7.55. The number of carbonyl (C=O) groups excluding carboxylic acids is 2. The number of nitrogens with one attached hydrogen (secondary N) is 1. The molecular formula is C22H31NO5. The van der Waals surface area contributed by atoms with Gasteiger partial charge in [0.05, 0.1) is 6.10 Å². The molecular weight excluding hydrogens is 358 g/mol. The molecule has 0 amide bonds. The minimum Gasteiger partial charge on any atom is -0.393 e. The van der Waals surface area contributed by atoms with Crippen molar-refractivity contribution in [2.45, 2.75) is 45.6 Å². The molecule has 0 heterocycles. The first-order chi connectivity index (χ1) is 13.3. The maximum absolute atomic E-state index is 12.7. The standard InChI is InChI=1S/C22H31NO5/c1-21-6-5-14(25)8-13(21)3-4-15-16-7-12(10-23-28)19(18(27)11-24)22(16,2)9-17(26)20(15)21/h5-6,8,12,15-17,19-20,23-24,26,28H,3-4,7,9-11H2,1-2H3/t12-,15-,16?,17-,19+,20?,21-,22-/m0/s1. The normalized spacial score (nSPS) is 47.2. The van der Waals surface area contributed by atoms with Gasteiger partial charge in [0.25, 0.3) is 0 Å². The molecule has 8 atom stereocenters. The first kappa shape index (κ1) is 20.0. The summed E-state index contributed by atoms with van der Waals surface area (Å²) in [6.07, 6.45) is 7.78. The zero-order chi connectivity index (χ0) is 20.3. The lowest BCUT2D eigenvalue weighted by Gasteiger charge is -2.58. The van der Waals surface area contributed by atoms with Crippen LogP contribution in [0.15, 0.2) is 23.8 Å². The Hall–Kier alpha value is -1.34. The van der Waals surface area contributed by atoms with E-state index in [2.05, 4.69) is 19.3 Å². The molecule has 6 heteroatoms. The highest BCUT2D eigenvalue weighted by Gasteiger charge is 2.64. The zero-order valence-electron chi connectivity index (χ0n) is 16.6. The second-order valence-corrected chi connectivity index (χ2v) is 9.76. The summed E-state index contributed by atoms with van der Waals surface area (Å²) in [5.41, 5.74) is 2.61. The van der Waals surface area contributed by atoms with Gasteiger partial charge in [-0.3, -0.25) is 9.59 Å². The van der Waals surface area contributed by atoms with Gasteiger partial charge >= 0.3 is 0 Å². The molecule has 6 nitrogen and oxygen atoms in total. The van der Waals surface area contributed by atoms with E-state index in [9.17, 15) is 25.0 Å². The fourth-order valence-corrected chi connectivity index (χ4v) is 7.55. The number of allylic oxidation sites excluding steroid dienone is 4. The van der Waals surface area contributed by atoms with Gasteiger partial charge in [-0.25, -0.2) is 5.48 Å². The topological polar surface area (TPSA) is 107 Å². The average Bonchev–Trinajstić information content (AvgIpc) is 2.93. The molecule has 3 saturated carbocycles. The van der Waals surface area contributed by atoms with Crippen molar-refractivity contribution in [1.29, 1.82) is 0 Å². The molecule has 0 spiro atoms. The fraction of sp³-hybridized carbons (Fsp3) is 0.727. The highest BCUT2D eigenvalue weighted by molar-refractivity contribution is 6.01. The minimum absolute atomic E-state index is 0.0145. The summed E-state index contributed by atoms with van der Waals surface area (Å²) in [6, 6.07) is 0. The van der Waals surface area contributed by atoms with Crippen molar-refractivity contribution in [3.05, 3.63) is 23.8 Å². The smallest absolute Gasteiger partial charge is 0.178 e. The van der Waals surface area contributed by atoms with Gasteiger partial charge < -0.3 is 15.4 Å². The van der Waals surface area contributed by atoms with Crippen molar-refractivity contribution in [3.63, 3.8) is 0 Å². The van der Waals surface area contributed by atoms with Gasteiger partial charge in [-0.15, -0.1) is 0 Å². The van der Waals surface area contributed by atoms with Crippen LogP contribution in [-0.2, 0) is 9.59 Å². The number of hydrogen-bond donors (Lipinski definition) is 4. The zero-order valence-corrected chi connectivity index (χ0v) is 16.6. The third kappa shape index (κ3) is 2.69. The van der Waals surface area contributed by atoms with Gasteiger partial charge in [0.2, 0.25) is 0 Å². The van der Waals surface area contributed by atoms with Gasteiger partial charge in [-0.2, -0.15) is 0 Å². The van der Waals surface area contributed by atoms with Crippen molar-refractivity contribution in [1.82, 2.24) is 5.48 Å². The van der Waals surface area contributed by atoms with Crippen LogP contribution in [0.4, 0.5) is 0 Å². The van der Waals surface area contributed by atoms with Crippen LogP contribution in [-0.4, -0.2) is 46.2 Å². The van der Waals surface area contributed by atoms with Crippen molar-refractivity contribution < 1.29 is 25.0 Å². The molecule has 0 saturated heterocycles. The second kappa shape index (κ2) is 6.87. The first-order valence-corrected chi connectivity index (χ1v) is 10.4. The van der Waals surface area contributed by atoms with E-state index in [1.807, 2.05) is 6.08 Å². The maximum atomic E-state index is 12.7. The molecule has 0 aromatic carbocycles. The number of hydrogen-bond acceptors (Lipinski definition) is 6. The number of rotatable bonds is 4. The number of ketones is 2. The highest BCUT2D eigenvalue weighted by atomic mass is 16.5. The van der Waals surface area contributed by atoms with Crippen LogP contribution in [0.2, 0.25) is 0 Å². The van der Waals surface area contributed by atoms with Gasteiger partial charge in [0.1, 0.15) is 6.61 Å². The molecule has 28 heavy (non-hydrogen) atoms. The van der Waals surface area contributed by atoms with Crippen molar-refractivity contribution in [2.75, 3.05) is 13.2 Å². The van der Waals surface area contributed by atoms with E-state index in [1.54, 1.807) is 12.2 Å². The van der Waals surface area contributed by atoms with E-state index in [4.69, 9.17) is 0 Å². The number of aliphatic hydroxyl groups excluding tert-OH is 2. The summed E-state index contributed by atoms with van der Waals surface area (Å²) in [6.45, 7) is 4.02. The molecule has 4 N–H and O–H groups in total. The van der Waals surface area contributed by atoms with E-state index in [1.165, 1.54) is 0 Å². The Morgan fingerprint density at radius 1 is 1.36 bits per heavy atom. The lowest BCUT2D eigenvalue weighted by molar-refractivity contribution is -0.142. The molecule has 3 fully saturated rings. The molecule has 154 valence electrons. The maximum Gasteiger partial charge on any atom is 0.178 e. The molecule has 4 aliphatic rings.